The Labute approximate surface area is 160 Å². The average molecular weight is 383 g/mol. The molecule has 1 saturated heterocycles. The predicted molar refractivity (Wildman–Crippen MR) is 107 cm³/mol. The molecule has 0 amide bonds. The average Bonchev–Trinajstić information content (AvgIpc) is 2.98. The first kappa shape index (κ1) is 21.6. The Balaban J connectivity index is 2.07. The lowest BCUT2D eigenvalue weighted by Gasteiger charge is -2.38. The molecule has 5 atom stereocenters. The van der Waals surface area contributed by atoms with Gasteiger partial charge in [-0.1, -0.05) is 59.1 Å². The van der Waals surface area contributed by atoms with Gasteiger partial charge in [-0.2, -0.15) is 0 Å². The molecular weight excluding hydrogens is 344 g/mol. The van der Waals surface area contributed by atoms with Crippen molar-refractivity contribution >= 4 is 14.3 Å². The Morgan fingerprint density at radius 2 is 2.04 bits per heavy atom. The minimum Gasteiger partial charge on any atom is -0.462 e. The lowest BCUT2D eigenvalue weighted by Crippen LogP contribution is -2.43. The van der Waals surface area contributed by atoms with Crippen LogP contribution in [0.1, 0.15) is 66.2 Å². The molecule has 4 nitrogen and oxygen atoms in total. The van der Waals surface area contributed by atoms with E-state index in [1.807, 2.05) is 0 Å². The van der Waals surface area contributed by atoms with E-state index in [-0.39, 0.29) is 35.1 Å². The zero-order chi connectivity index (χ0) is 19.5. The molecule has 0 aromatic rings. The van der Waals surface area contributed by atoms with Crippen LogP contribution in [0.4, 0.5) is 0 Å². The highest BCUT2D eigenvalue weighted by atomic mass is 28.4. The number of rotatable bonds is 8. The standard InChI is InChI=1S/C21H38O4Si/c1-7-8-9-10-15(25-26(5,6)21(2,3)4)11-12-16-17-13-20(23)24-19(17)14-18(16)22/h11-12,15-19,22H,7-10,13-14H2,1-6H3/t15-,16+,17+,18+,19-/m0/s1. The molecule has 1 aliphatic carbocycles. The van der Waals surface area contributed by atoms with E-state index in [1.54, 1.807) is 0 Å². The molecule has 150 valence electrons. The van der Waals surface area contributed by atoms with E-state index in [9.17, 15) is 9.90 Å². The Morgan fingerprint density at radius 3 is 2.65 bits per heavy atom. The van der Waals surface area contributed by atoms with E-state index in [0.717, 1.165) is 12.8 Å². The molecule has 0 radical (unpaired) electrons. The molecule has 2 aliphatic rings. The Bertz CT molecular complexity index is 509. The Hall–Kier alpha value is -0.653. The van der Waals surface area contributed by atoms with Crippen molar-refractivity contribution < 1.29 is 19.1 Å². The molecule has 0 aromatic carbocycles. The predicted octanol–water partition coefficient (Wildman–Crippen LogP) is 4.83. The van der Waals surface area contributed by atoms with Gasteiger partial charge in [0.15, 0.2) is 8.32 Å². The van der Waals surface area contributed by atoms with Crippen LogP contribution in [0.2, 0.25) is 18.1 Å². The van der Waals surface area contributed by atoms with Crippen molar-refractivity contribution in [3.05, 3.63) is 12.2 Å². The highest BCUT2D eigenvalue weighted by molar-refractivity contribution is 6.74. The number of hydrogen-bond donors (Lipinski definition) is 1. The van der Waals surface area contributed by atoms with E-state index in [4.69, 9.17) is 9.16 Å². The van der Waals surface area contributed by atoms with Crippen LogP contribution in [0.5, 0.6) is 0 Å². The van der Waals surface area contributed by atoms with Gasteiger partial charge >= 0.3 is 5.97 Å². The van der Waals surface area contributed by atoms with Crippen LogP contribution in [-0.4, -0.2) is 37.7 Å². The maximum Gasteiger partial charge on any atom is 0.306 e. The summed E-state index contributed by atoms with van der Waals surface area (Å²) in [7, 11) is -1.85. The fourth-order valence-electron chi connectivity index (χ4n) is 3.78. The highest BCUT2D eigenvalue weighted by Crippen LogP contribution is 2.42. The molecule has 5 heteroatoms. The Kier molecular flexibility index (Phi) is 7.14. The van der Waals surface area contributed by atoms with Crippen molar-refractivity contribution in [2.45, 2.75) is 103 Å². The third-order valence-electron chi connectivity index (χ3n) is 6.47. The van der Waals surface area contributed by atoms with Gasteiger partial charge in [0.25, 0.3) is 0 Å². The van der Waals surface area contributed by atoms with Crippen LogP contribution < -0.4 is 0 Å². The van der Waals surface area contributed by atoms with Crippen molar-refractivity contribution in [3.63, 3.8) is 0 Å². The number of hydrogen-bond acceptors (Lipinski definition) is 4. The quantitative estimate of drug-likeness (QED) is 0.283. The van der Waals surface area contributed by atoms with Crippen molar-refractivity contribution in [2.75, 3.05) is 0 Å². The largest absolute Gasteiger partial charge is 0.462 e. The van der Waals surface area contributed by atoms with Crippen molar-refractivity contribution in [1.82, 2.24) is 0 Å². The molecule has 1 N–H and O–H groups in total. The van der Waals surface area contributed by atoms with E-state index in [0.29, 0.717) is 12.8 Å². The monoisotopic (exact) mass is 382 g/mol. The summed E-state index contributed by atoms with van der Waals surface area (Å²) in [5.41, 5.74) is 0. The number of aliphatic hydroxyl groups excluding tert-OH is 1. The van der Waals surface area contributed by atoms with Gasteiger partial charge in [0.05, 0.1) is 18.6 Å². The second-order valence-corrected chi connectivity index (χ2v) is 14.3. The molecule has 2 rings (SSSR count). The van der Waals surface area contributed by atoms with E-state index in [1.165, 1.54) is 12.8 Å². The molecule has 0 unspecified atom stereocenters. The number of esters is 1. The zero-order valence-electron chi connectivity index (χ0n) is 17.5. The lowest BCUT2D eigenvalue weighted by atomic mass is 9.91. The second-order valence-electron chi connectivity index (χ2n) is 9.57. The van der Waals surface area contributed by atoms with Crippen LogP contribution >= 0.6 is 0 Å². The fourth-order valence-corrected chi connectivity index (χ4v) is 5.09. The molecule has 0 bridgehead atoms. The summed E-state index contributed by atoms with van der Waals surface area (Å²) >= 11 is 0. The first-order valence-electron chi connectivity index (χ1n) is 10.3. The number of carbonyl (C=O) groups excluding carboxylic acids is 1. The first-order chi connectivity index (χ1) is 12.0. The van der Waals surface area contributed by atoms with Crippen molar-refractivity contribution in [3.8, 4) is 0 Å². The normalized spacial score (nSPS) is 30.7. The summed E-state index contributed by atoms with van der Waals surface area (Å²) in [6.45, 7) is 13.6. The van der Waals surface area contributed by atoms with Crippen LogP contribution in [-0.2, 0) is 14.0 Å². The van der Waals surface area contributed by atoms with Crippen LogP contribution in [0, 0.1) is 11.8 Å². The fraction of sp³-hybridized carbons (Fsp3) is 0.857. The number of aliphatic hydroxyl groups is 1. The molecular formula is C21H38O4Si. The number of carbonyl (C=O) groups is 1. The SMILES string of the molecule is CCCCC[C@@H](C=C[C@@H]1[C@H]2CC(=O)O[C@H]2C[C@H]1O)O[Si](C)(C)C(C)(C)C. The minimum absolute atomic E-state index is 0.00291. The Morgan fingerprint density at radius 1 is 1.35 bits per heavy atom. The topological polar surface area (TPSA) is 55.8 Å². The van der Waals surface area contributed by atoms with Gasteiger partial charge in [0, 0.05) is 18.3 Å². The summed E-state index contributed by atoms with van der Waals surface area (Å²) in [6.07, 6.45) is 9.42. The van der Waals surface area contributed by atoms with E-state index < -0.39 is 14.4 Å². The maximum atomic E-state index is 11.6. The van der Waals surface area contributed by atoms with Crippen molar-refractivity contribution in [2.24, 2.45) is 11.8 Å². The van der Waals surface area contributed by atoms with Gasteiger partial charge in [-0.05, 0) is 24.6 Å². The third kappa shape index (κ3) is 5.20. The van der Waals surface area contributed by atoms with Gasteiger partial charge in [0.2, 0.25) is 0 Å². The molecule has 0 aromatic heterocycles. The molecule has 2 fully saturated rings. The highest BCUT2D eigenvalue weighted by Gasteiger charge is 2.48. The van der Waals surface area contributed by atoms with E-state index in [2.05, 4.69) is 52.9 Å². The molecule has 1 aliphatic heterocycles. The van der Waals surface area contributed by atoms with Crippen LogP contribution in [0.25, 0.3) is 0 Å². The van der Waals surface area contributed by atoms with Gasteiger partial charge < -0.3 is 14.3 Å². The summed E-state index contributed by atoms with van der Waals surface area (Å²) in [5.74, 6) is 0.00312. The number of unbranched alkanes of at least 4 members (excludes halogenated alkanes) is 2. The number of fused-ring (bicyclic) bond motifs is 1. The first-order valence-corrected chi connectivity index (χ1v) is 13.2. The lowest BCUT2D eigenvalue weighted by molar-refractivity contribution is -0.141. The van der Waals surface area contributed by atoms with E-state index >= 15 is 0 Å². The summed E-state index contributed by atoms with van der Waals surface area (Å²) < 4.78 is 12.0. The molecule has 26 heavy (non-hydrogen) atoms. The molecule has 0 spiro atoms. The van der Waals surface area contributed by atoms with Gasteiger partial charge in [-0.15, -0.1) is 0 Å². The van der Waals surface area contributed by atoms with Crippen LogP contribution in [0.15, 0.2) is 12.2 Å². The molecule has 1 heterocycles. The smallest absolute Gasteiger partial charge is 0.306 e. The zero-order valence-corrected chi connectivity index (χ0v) is 18.5. The van der Waals surface area contributed by atoms with Gasteiger partial charge in [-0.3, -0.25) is 4.79 Å². The second kappa shape index (κ2) is 8.57. The minimum atomic E-state index is -1.85. The summed E-state index contributed by atoms with van der Waals surface area (Å²) in [4.78, 5) is 11.6. The third-order valence-corrected chi connectivity index (χ3v) is 11.0. The van der Waals surface area contributed by atoms with Crippen molar-refractivity contribution in [1.29, 1.82) is 0 Å². The molecule has 1 saturated carbocycles. The number of ether oxygens (including phenoxy) is 1. The maximum absolute atomic E-state index is 11.6. The summed E-state index contributed by atoms with van der Waals surface area (Å²) in [5, 5.41) is 10.6. The van der Waals surface area contributed by atoms with Gasteiger partial charge in [-0.25, -0.2) is 0 Å². The van der Waals surface area contributed by atoms with Gasteiger partial charge in [0.1, 0.15) is 6.10 Å². The van der Waals surface area contributed by atoms with Crippen LogP contribution in [0.3, 0.4) is 0 Å². The summed E-state index contributed by atoms with van der Waals surface area (Å²) in [6, 6.07) is 0.